The average molecular weight is 389 g/mol. The van der Waals surface area contributed by atoms with Crippen LogP contribution in [-0.2, 0) is 10.5 Å². The van der Waals surface area contributed by atoms with Crippen molar-refractivity contribution in [2.75, 3.05) is 11.9 Å². The number of carbonyl (C=O) groups excluding carboxylic acids is 1. The monoisotopic (exact) mass is 389 g/mol. The number of nitrogens with zero attached hydrogens (tertiary/aromatic N) is 2. The van der Waals surface area contributed by atoms with Crippen LogP contribution < -0.4 is 10.1 Å². The number of amides is 1. The third-order valence-corrected chi connectivity index (χ3v) is 5.33. The molecule has 26 heavy (non-hydrogen) atoms. The number of hydrogen-bond acceptors (Lipinski definition) is 6. The Labute approximate surface area is 158 Å². The summed E-state index contributed by atoms with van der Waals surface area (Å²) in [6, 6.07) is 13.8. The minimum absolute atomic E-state index is 0.0961. The van der Waals surface area contributed by atoms with Gasteiger partial charge in [0, 0.05) is 5.75 Å². The fourth-order valence-electron chi connectivity index (χ4n) is 2.05. The summed E-state index contributed by atoms with van der Waals surface area (Å²) in [6.45, 7) is 1.86. The van der Waals surface area contributed by atoms with Gasteiger partial charge in [0.25, 0.3) is 5.91 Å². The standard InChI is InChI=1S/C18H16FN3O2S2/c1-12-3-2-4-15(9-12)24-10-16(23)20-17-21-22-18(26-17)25-11-13-5-7-14(19)8-6-13/h2-9H,10-11H2,1H3,(H,20,21,23). The van der Waals surface area contributed by atoms with Crippen molar-refractivity contribution in [3.05, 3.63) is 65.5 Å². The van der Waals surface area contributed by atoms with Crippen molar-refractivity contribution >= 4 is 34.1 Å². The van der Waals surface area contributed by atoms with Gasteiger partial charge in [-0.25, -0.2) is 4.39 Å². The van der Waals surface area contributed by atoms with Crippen molar-refractivity contribution in [3.8, 4) is 5.75 Å². The molecule has 5 nitrogen and oxygen atoms in total. The second-order valence-electron chi connectivity index (χ2n) is 5.44. The number of thioether (sulfide) groups is 1. The number of aryl methyl sites for hydroxylation is 1. The zero-order chi connectivity index (χ0) is 18.4. The molecule has 1 aromatic heterocycles. The molecule has 134 valence electrons. The maximum Gasteiger partial charge on any atom is 0.264 e. The molecule has 2 aromatic carbocycles. The number of nitrogens with one attached hydrogen (secondary N) is 1. The molecule has 1 amide bonds. The second kappa shape index (κ2) is 8.77. The van der Waals surface area contributed by atoms with E-state index in [4.69, 9.17) is 4.74 Å². The Bertz CT molecular complexity index is 884. The Morgan fingerprint density at radius 1 is 1.23 bits per heavy atom. The summed E-state index contributed by atoms with van der Waals surface area (Å²) >= 11 is 2.77. The molecule has 0 fully saturated rings. The van der Waals surface area contributed by atoms with Gasteiger partial charge in [-0.2, -0.15) is 0 Å². The van der Waals surface area contributed by atoms with Crippen LogP contribution in [0.25, 0.3) is 0 Å². The Morgan fingerprint density at radius 2 is 2.04 bits per heavy atom. The van der Waals surface area contributed by atoms with E-state index >= 15 is 0 Å². The van der Waals surface area contributed by atoms with Crippen LogP contribution in [0.1, 0.15) is 11.1 Å². The number of hydrogen-bond donors (Lipinski definition) is 1. The van der Waals surface area contributed by atoms with Crippen molar-refractivity contribution in [1.29, 1.82) is 0 Å². The highest BCUT2D eigenvalue weighted by atomic mass is 32.2. The minimum Gasteiger partial charge on any atom is -0.484 e. The summed E-state index contributed by atoms with van der Waals surface area (Å²) in [5, 5.41) is 11.1. The lowest BCUT2D eigenvalue weighted by Gasteiger charge is -2.05. The van der Waals surface area contributed by atoms with Gasteiger partial charge in [-0.05, 0) is 42.3 Å². The lowest BCUT2D eigenvalue weighted by atomic mass is 10.2. The fraction of sp³-hybridized carbons (Fsp3) is 0.167. The highest BCUT2D eigenvalue weighted by Gasteiger charge is 2.10. The summed E-state index contributed by atoms with van der Waals surface area (Å²) < 4.78 is 19.1. The molecule has 0 bridgehead atoms. The molecule has 3 aromatic rings. The maximum atomic E-state index is 12.9. The first-order valence-corrected chi connectivity index (χ1v) is 9.59. The summed E-state index contributed by atoms with van der Waals surface area (Å²) in [4.78, 5) is 12.0. The van der Waals surface area contributed by atoms with Crippen LogP contribution in [0.15, 0.2) is 52.9 Å². The van der Waals surface area contributed by atoms with Crippen molar-refractivity contribution < 1.29 is 13.9 Å². The molecule has 1 heterocycles. The van der Waals surface area contributed by atoms with Gasteiger partial charge in [-0.3, -0.25) is 10.1 Å². The summed E-state index contributed by atoms with van der Waals surface area (Å²) in [6.07, 6.45) is 0. The minimum atomic E-state index is -0.294. The number of ether oxygens (including phenoxy) is 1. The van der Waals surface area contributed by atoms with E-state index in [1.165, 1.54) is 35.2 Å². The van der Waals surface area contributed by atoms with E-state index in [0.29, 0.717) is 16.6 Å². The van der Waals surface area contributed by atoms with E-state index in [-0.39, 0.29) is 18.3 Å². The van der Waals surface area contributed by atoms with Gasteiger partial charge >= 0.3 is 0 Å². The summed E-state index contributed by atoms with van der Waals surface area (Å²) in [5.74, 6) is 0.748. The molecule has 1 N–H and O–H groups in total. The predicted molar refractivity (Wildman–Crippen MR) is 101 cm³/mol. The molecule has 0 saturated carbocycles. The Morgan fingerprint density at radius 3 is 2.81 bits per heavy atom. The molecule has 0 aliphatic carbocycles. The zero-order valence-corrected chi connectivity index (χ0v) is 15.6. The van der Waals surface area contributed by atoms with Gasteiger partial charge in [0.2, 0.25) is 5.13 Å². The first kappa shape index (κ1) is 18.3. The molecule has 0 aliphatic heterocycles. The number of aromatic nitrogens is 2. The first-order chi connectivity index (χ1) is 12.6. The topological polar surface area (TPSA) is 64.1 Å². The molecule has 8 heteroatoms. The van der Waals surface area contributed by atoms with E-state index in [1.807, 2.05) is 25.1 Å². The molecular formula is C18H16FN3O2S2. The van der Waals surface area contributed by atoms with Crippen LogP contribution in [0.5, 0.6) is 5.75 Å². The zero-order valence-electron chi connectivity index (χ0n) is 13.9. The fourth-order valence-corrected chi connectivity index (χ4v) is 3.78. The lowest BCUT2D eigenvalue weighted by molar-refractivity contribution is -0.118. The molecule has 0 unspecified atom stereocenters. The summed E-state index contributed by atoms with van der Waals surface area (Å²) in [7, 11) is 0. The molecule has 3 rings (SSSR count). The van der Waals surface area contributed by atoms with E-state index in [0.717, 1.165) is 15.5 Å². The largest absolute Gasteiger partial charge is 0.484 e. The van der Waals surface area contributed by atoms with Gasteiger partial charge < -0.3 is 4.74 Å². The van der Waals surface area contributed by atoms with E-state index in [2.05, 4.69) is 15.5 Å². The van der Waals surface area contributed by atoms with Gasteiger partial charge in [0.05, 0.1) is 0 Å². The summed E-state index contributed by atoms with van der Waals surface area (Å²) in [5.41, 5.74) is 2.05. The number of benzene rings is 2. The molecule has 0 radical (unpaired) electrons. The van der Waals surface area contributed by atoms with Crippen molar-refractivity contribution in [3.63, 3.8) is 0 Å². The van der Waals surface area contributed by atoms with Crippen LogP contribution >= 0.6 is 23.1 Å². The van der Waals surface area contributed by atoms with Crippen LogP contribution in [0.2, 0.25) is 0 Å². The molecule has 0 spiro atoms. The Hall–Kier alpha value is -2.45. The van der Waals surface area contributed by atoms with E-state index < -0.39 is 0 Å². The molecular weight excluding hydrogens is 373 g/mol. The Kier molecular flexibility index (Phi) is 6.19. The predicted octanol–water partition coefficient (Wildman–Crippen LogP) is 4.30. The van der Waals surface area contributed by atoms with Gasteiger partial charge in [0.1, 0.15) is 11.6 Å². The number of halogens is 1. The first-order valence-electron chi connectivity index (χ1n) is 7.78. The van der Waals surface area contributed by atoms with E-state index in [1.54, 1.807) is 18.2 Å². The van der Waals surface area contributed by atoms with E-state index in [9.17, 15) is 9.18 Å². The quantitative estimate of drug-likeness (QED) is 0.482. The normalized spacial score (nSPS) is 10.5. The highest BCUT2D eigenvalue weighted by Crippen LogP contribution is 2.28. The number of carbonyl (C=O) groups is 1. The SMILES string of the molecule is Cc1cccc(OCC(=O)Nc2nnc(SCc3ccc(F)cc3)s2)c1. The molecule has 0 atom stereocenters. The Balaban J connectivity index is 1.46. The molecule has 0 aliphatic rings. The smallest absolute Gasteiger partial charge is 0.264 e. The average Bonchev–Trinajstić information content (AvgIpc) is 3.07. The maximum absolute atomic E-state index is 12.9. The lowest BCUT2D eigenvalue weighted by Crippen LogP contribution is -2.20. The third-order valence-electron chi connectivity index (χ3n) is 3.29. The van der Waals surface area contributed by atoms with Crippen molar-refractivity contribution in [1.82, 2.24) is 10.2 Å². The highest BCUT2D eigenvalue weighted by molar-refractivity contribution is 8.00. The second-order valence-corrected chi connectivity index (χ2v) is 7.64. The molecule has 0 saturated heterocycles. The van der Waals surface area contributed by atoms with Gasteiger partial charge in [0.15, 0.2) is 10.9 Å². The van der Waals surface area contributed by atoms with Gasteiger partial charge in [-0.15, -0.1) is 10.2 Å². The van der Waals surface area contributed by atoms with Gasteiger partial charge in [-0.1, -0.05) is 47.4 Å². The number of rotatable bonds is 7. The van der Waals surface area contributed by atoms with Crippen LogP contribution in [0, 0.1) is 12.7 Å². The number of anilines is 1. The van der Waals surface area contributed by atoms with Crippen molar-refractivity contribution in [2.24, 2.45) is 0 Å². The van der Waals surface area contributed by atoms with Crippen LogP contribution in [0.3, 0.4) is 0 Å². The van der Waals surface area contributed by atoms with Crippen LogP contribution in [-0.4, -0.2) is 22.7 Å². The third kappa shape index (κ3) is 5.53. The van der Waals surface area contributed by atoms with Crippen LogP contribution in [0.4, 0.5) is 9.52 Å². The van der Waals surface area contributed by atoms with Crippen molar-refractivity contribution in [2.45, 2.75) is 17.0 Å².